The van der Waals surface area contributed by atoms with Crippen molar-refractivity contribution in [3.05, 3.63) is 68.8 Å². The molecule has 2 fully saturated rings. The molecule has 0 atom stereocenters. The lowest BCUT2D eigenvalue weighted by Gasteiger charge is -2.43. The van der Waals surface area contributed by atoms with Crippen LogP contribution in [-0.4, -0.2) is 38.8 Å². The van der Waals surface area contributed by atoms with Gasteiger partial charge >= 0.3 is 15.2 Å². The molecule has 192 valence electrons. The van der Waals surface area contributed by atoms with Gasteiger partial charge in [-0.15, -0.1) is 0 Å². The zero-order chi connectivity index (χ0) is 25.4. The monoisotopic (exact) mass is 520 g/mol. The smallest absolute Gasteiger partial charge is 0.308 e. The zero-order valence-corrected chi connectivity index (χ0v) is 23.6. The van der Waals surface area contributed by atoms with Crippen molar-refractivity contribution in [1.29, 1.82) is 0 Å². The summed E-state index contributed by atoms with van der Waals surface area (Å²) in [6.07, 6.45) is 1.96. The molecule has 0 unspecified atom stereocenters. The van der Waals surface area contributed by atoms with E-state index in [1.165, 1.54) is 44.5 Å². The summed E-state index contributed by atoms with van der Waals surface area (Å²) >= 11 is 0. The summed E-state index contributed by atoms with van der Waals surface area (Å²) in [5.41, 5.74) is 9.05. The topological polar surface area (TPSA) is 71.1 Å². The molecule has 0 bridgehead atoms. The first-order valence-electron chi connectivity index (χ1n) is 12.3. The molecule has 2 saturated heterocycles. The molecule has 1 spiro atoms. The van der Waals surface area contributed by atoms with Crippen molar-refractivity contribution in [1.82, 2.24) is 0 Å². The first-order valence-corrected chi connectivity index (χ1v) is 15.8. The second-order valence-corrected chi connectivity index (χ2v) is 14.9. The lowest BCUT2D eigenvalue weighted by atomic mass is 9.93. The van der Waals surface area contributed by atoms with E-state index in [1.807, 2.05) is 0 Å². The van der Waals surface area contributed by atoms with Crippen molar-refractivity contribution < 1.29 is 27.2 Å². The quantitative estimate of drug-likeness (QED) is 0.391. The number of aryl methyl sites for hydroxylation is 6. The van der Waals surface area contributed by atoms with Gasteiger partial charge in [-0.1, -0.05) is 35.4 Å². The molecule has 0 radical (unpaired) electrons. The summed E-state index contributed by atoms with van der Waals surface area (Å²) in [6, 6.07) is 8.58. The summed E-state index contributed by atoms with van der Waals surface area (Å²) in [6.45, 7) is 13.3. The van der Waals surface area contributed by atoms with Crippen LogP contribution in [0.3, 0.4) is 0 Å². The first kappa shape index (κ1) is 26.8. The van der Waals surface area contributed by atoms with E-state index in [2.05, 4.69) is 65.8 Å². The highest BCUT2D eigenvalue weighted by Crippen LogP contribution is 2.59. The molecule has 4 rings (SSSR count). The van der Waals surface area contributed by atoms with E-state index in [0.29, 0.717) is 25.2 Å². The van der Waals surface area contributed by atoms with E-state index in [1.54, 1.807) is 0 Å². The van der Waals surface area contributed by atoms with Gasteiger partial charge < -0.3 is 18.1 Å². The van der Waals surface area contributed by atoms with Crippen molar-refractivity contribution in [2.24, 2.45) is 5.41 Å². The van der Waals surface area contributed by atoms with E-state index >= 15 is 0 Å². The van der Waals surface area contributed by atoms with E-state index in [9.17, 15) is 9.13 Å². The normalized spacial score (nSPS) is 29.0. The van der Waals surface area contributed by atoms with Gasteiger partial charge in [0.15, 0.2) is 0 Å². The van der Waals surface area contributed by atoms with Crippen LogP contribution in [0.5, 0.6) is 0 Å². The molecular formula is C27H38O6P2. The van der Waals surface area contributed by atoms with Crippen molar-refractivity contribution in [2.45, 2.75) is 54.4 Å². The molecule has 0 aliphatic carbocycles. The van der Waals surface area contributed by atoms with Gasteiger partial charge in [0.1, 0.15) is 0 Å². The molecule has 8 heteroatoms. The predicted octanol–water partition coefficient (Wildman–Crippen LogP) is 6.79. The van der Waals surface area contributed by atoms with Gasteiger partial charge in [-0.05, 0) is 87.8 Å². The van der Waals surface area contributed by atoms with Crippen LogP contribution in [0, 0.1) is 47.0 Å². The van der Waals surface area contributed by atoms with Gasteiger partial charge in [-0.3, -0.25) is 9.13 Å². The molecule has 35 heavy (non-hydrogen) atoms. The molecule has 2 aromatic carbocycles. The minimum Gasteiger partial charge on any atom is -0.308 e. The minimum absolute atomic E-state index is 0.215. The number of rotatable bonds is 6. The Labute approximate surface area is 209 Å². The van der Waals surface area contributed by atoms with E-state index in [-0.39, 0.29) is 26.4 Å². The van der Waals surface area contributed by atoms with Crippen LogP contribution >= 0.6 is 15.2 Å². The highest BCUT2D eigenvalue weighted by Gasteiger charge is 2.48. The number of hydrogen-bond donors (Lipinski definition) is 0. The second kappa shape index (κ2) is 10.2. The number of hydrogen-bond acceptors (Lipinski definition) is 6. The predicted molar refractivity (Wildman–Crippen MR) is 140 cm³/mol. The molecule has 6 nitrogen and oxygen atoms in total. The Morgan fingerprint density at radius 2 is 0.886 bits per heavy atom. The Morgan fingerprint density at radius 1 is 0.600 bits per heavy atom. The summed E-state index contributed by atoms with van der Waals surface area (Å²) in [7, 11) is -6.41. The molecule has 2 aliphatic rings. The standard InChI is InChI=1S/C27H38O6P2/c1-19-11-21(3)25(22(4)12-19)7-9-34(28)30-15-27(16-31-34)17-32-35(29,33-18-27)10-8-26-23(5)13-20(2)14-24(26)6/h11-14H,7-10,15-18H2,1-6H3. The Morgan fingerprint density at radius 3 is 1.17 bits per heavy atom. The molecule has 2 aromatic rings. The number of benzene rings is 2. The highest BCUT2D eigenvalue weighted by molar-refractivity contribution is 7.54. The average molecular weight is 521 g/mol. The maximum Gasteiger partial charge on any atom is 0.331 e. The fourth-order valence-electron chi connectivity index (χ4n) is 5.23. The fraction of sp³-hybridized carbons (Fsp3) is 0.556. The van der Waals surface area contributed by atoms with Crippen molar-refractivity contribution in [2.75, 3.05) is 38.8 Å². The van der Waals surface area contributed by atoms with Gasteiger partial charge in [-0.25, -0.2) is 0 Å². The molecule has 0 saturated carbocycles. The van der Waals surface area contributed by atoms with Crippen LogP contribution in [0.2, 0.25) is 0 Å². The lowest BCUT2D eigenvalue weighted by Crippen LogP contribution is -2.46. The Hall–Kier alpha value is -1.26. The van der Waals surface area contributed by atoms with Crippen LogP contribution in [0.25, 0.3) is 0 Å². The van der Waals surface area contributed by atoms with Crippen LogP contribution in [0.4, 0.5) is 0 Å². The molecule has 0 aromatic heterocycles. The van der Waals surface area contributed by atoms with Crippen LogP contribution in [0.15, 0.2) is 24.3 Å². The summed E-state index contributed by atoms with van der Waals surface area (Å²) in [4.78, 5) is 0. The third-order valence-corrected chi connectivity index (χ3v) is 10.9. The minimum atomic E-state index is -3.20. The van der Waals surface area contributed by atoms with Crippen molar-refractivity contribution in [3.8, 4) is 0 Å². The third-order valence-electron chi connectivity index (χ3n) is 7.22. The zero-order valence-electron chi connectivity index (χ0n) is 21.8. The Kier molecular flexibility index (Phi) is 7.84. The highest BCUT2D eigenvalue weighted by atomic mass is 31.2. The first-order chi connectivity index (χ1) is 16.4. The molecular weight excluding hydrogens is 482 g/mol. The fourth-order valence-corrected chi connectivity index (χ4v) is 8.77. The summed E-state index contributed by atoms with van der Waals surface area (Å²) in [5.74, 6) is 0. The van der Waals surface area contributed by atoms with Gasteiger partial charge in [0, 0.05) is 0 Å². The Balaban J connectivity index is 1.30. The third kappa shape index (κ3) is 6.18. The maximum atomic E-state index is 13.2. The van der Waals surface area contributed by atoms with Gasteiger partial charge in [0.05, 0.1) is 44.2 Å². The van der Waals surface area contributed by atoms with E-state index < -0.39 is 20.6 Å². The van der Waals surface area contributed by atoms with Crippen LogP contribution in [0.1, 0.15) is 44.5 Å². The Bertz CT molecular complexity index is 1040. The van der Waals surface area contributed by atoms with Crippen molar-refractivity contribution in [3.63, 3.8) is 0 Å². The van der Waals surface area contributed by atoms with Crippen molar-refractivity contribution >= 4 is 15.2 Å². The average Bonchev–Trinajstić information content (AvgIpc) is 2.77. The largest absolute Gasteiger partial charge is 0.331 e. The molecule has 2 heterocycles. The maximum absolute atomic E-state index is 13.2. The lowest BCUT2D eigenvalue weighted by molar-refractivity contribution is -0.0683. The summed E-state index contributed by atoms with van der Waals surface area (Å²) in [5, 5.41) is 0. The van der Waals surface area contributed by atoms with Gasteiger partial charge in [-0.2, -0.15) is 0 Å². The van der Waals surface area contributed by atoms with Gasteiger partial charge in [0.25, 0.3) is 0 Å². The van der Waals surface area contributed by atoms with Gasteiger partial charge in [0.2, 0.25) is 0 Å². The second-order valence-electron chi connectivity index (χ2n) is 10.5. The molecule has 2 aliphatic heterocycles. The molecule has 0 amide bonds. The van der Waals surface area contributed by atoms with E-state index in [4.69, 9.17) is 18.1 Å². The summed E-state index contributed by atoms with van der Waals surface area (Å²) < 4.78 is 49.7. The molecule has 0 N–H and O–H groups in total. The van der Waals surface area contributed by atoms with Crippen LogP contribution in [-0.2, 0) is 40.1 Å². The van der Waals surface area contributed by atoms with Crippen LogP contribution < -0.4 is 0 Å². The SMILES string of the molecule is Cc1cc(C)c(CCP2(=O)OCC3(CO2)COP(=O)(CCc2c(C)cc(C)cc2C)OC3)c(C)c1. The van der Waals surface area contributed by atoms with E-state index in [0.717, 1.165) is 0 Å².